The molecule has 0 unspecified atom stereocenters. The molecule has 0 bridgehead atoms. The van der Waals surface area contributed by atoms with Crippen molar-refractivity contribution in [2.45, 2.75) is 43.7 Å². The molecule has 0 saturated heterocycles. The first-order valence-electron chi connectivity index (χ1n) is 6.18. The number of hydrogen-bond acceptors (Lipinski definition) is 5. The smallest absolute Gasteiger partial charge is 0.325 e. The Kier molecular flexibility index (Phi) is 5.26. The molecule has 114 valence electrons. The van der Waals surface area contributed by atoms with Gasteiger partial charge in [0.1, 0.15) is 11.4 Å². The summed E-state index contributed by atoms with van der Waals surface area (Å²) in [5.74, 6) is -1.11. The first kappa shape index (κ1) is 16.6. The number of rotatable bonds is 8. The number of nitrogens with zero attached hydrogens (tertiary/aromatic N) is 2. The molecule has 0 aromatic carbocycles. The van der Waals surface area contributed by atoms with E-state index in [9.17, 15) is 18.3 Å². The SMILES string of the molecule is CCC(O)(CC)CNS(=O)(=O)c1cnn(CC(=O)O)c1. The zero-order chi connectivity index (χ0) is 15.4. The molecule has 0 saturated carbocycles. The highest BCUT2D eigenvalue weighted by atomic mass is 32.2. The molecule has 0 aliphatic heterocycles. The number of aliphatic carboxylic acids is 1. The summed E-state index contributed by atoms with van der Waals surface area (Å²) in [5, 5.41) is 22.3. The van der Waals surface area contributed by atoms with Crippen LogP contribution in [0.5, 0.6) is 0 Å². The van der Waals surface area contributed by atoms with Crippen molar-refractivity contribution in [1.29, 1.82) is 0 Å². The normalized spacial score (nSPS) is 12.6. The van der Waals surface area contributed by atoms with E-state index in [-0.39, 0.29) is 11.4 Å². The molecule has 20 heavy (non-hydrogen) atoms. The quantitative estimate of drug-likeness (QED) is 0.611. The summed E-state index contributed by atoms with van der Waals surface area (Å²) in [5.41, 5.74) is -1.09. The van der Waals surface area contributed by atoms with E-state index in [1.807, 2.05) is 0 Å². The molecule has 0 fully saturated rings. The maximum atomic E-state index is 12.0. The minimum atomic E-state index is -3.81. The van der Waals surface area contributed by atoms with Gasteiger partial charge in [0.2, 0.25) is 10.0 Å². The molecular formula is C11H19N3O5S. The predicted molar refractivity (Wildman–Crippen MR) is 70.6 cm³/mol. The second-order valence-electron chi connectivity index (χ2n) is 4.52. The molecule has 1 aromatic rings. The van der Waals surface area contributed by atoms with Crippen LogP contribution in [0, 0.1) is 0 Å². The van der Waals surface area contributed by atoms with Crippen molar-refractivity contribution in [1.82, 2.24) is 14.5 Å². The maximum Gasteiger partial charge on any atom is 0.325 e. The van der Waals surface area contributed by atoms with E-state index < -0.39 is 28.1 Å². The van der Waals surface area contributed by atoms with Crippen LogP contribution < -0.4 is 4.72 Å². The van der Waals surface area contributed by atoms with Crippen molar-refractivity contribution in [3.8, 4) is 0 Å². The van der Waals surface area contributed by atoms with Crippen LogP contribution in [0.2, 0.25) is 0 Å². The van der Waals surface area contributed by atoms with Gasteiger partial charge in [-0.3, -0.25) is 9.48 Å². The average molecular weight is 305 g/mol. The topological polar surface area (TPSA) is 122 Å². The van der Waals surface area contributed by atoms with Crippen molar-refractivity contribution < 1.29 is 23.4 Å². The van der Waals surface area contributed by atoms with Gasteiger partial charge in [0, 0.05) is 12.7 Å². The van der Waals surface area contributed by atoms with Gasteiger partial charge in [0.05, 0.1) is 11.8 Å². The van der Waals surface area contributed by atoms with E-state index in [4.69, 9.17) is 5.11 Å². The van der Waals surface area contributed by atoms with Crippen molar-refractivity contribution >= 4 is 16.0 Å². The third kappa shape index (κ3) is 4.29. The molecule has 0 aliphatic rings. The van der Waals surface area contributed by atoms with Crippen molar-refractivity contribution in [2.75, 3.05) is 6.54 Å². The van der Waals surface area contributed by atoms with Crippen molar-refractivity contribution in [3.63, 3.8) is 0 Å². The number of aliphatic hydroxyl groups is 1. The largest absolute Gasteiger partial charge is 0.480 e. The summed E-state index contributed by atoms with van der Waals surface area (Å²) in [4.78, 5) is 10.4. The third-order valence-electron chi connectivity index (χ3n) is 3.12. The van der Waals surface area contributed by atoms with Crippen LogP contribution in [-0.4, -0.2) is 46.5 Å². The first-order valence-corrected chi connectivity index (χ1v) is 7.67. The molecule has 8 nitrogen and oxygen atoms in total. The summed E-state index contributed by atoms with van der Waals surface area (Å²) in [6, 6.07) is 0. The minimum absolute atomic E-state index is 0.105. The van der Waals surface area contributed by atoms with Gasteiger partial charge < -0.3 is 10.2 Å². The second-order valence-corrected chi connectivity index (χ2v) is 6.29. The number of sulfonamides is 1. The molecule has 0 spiro atoms. The van der Waals surface area contributed by atoms with E-state index in [0.29, 0.717) is 12.8 Å². The second kappa shape index (κ2) is 6.33. The van der Waals surface area contributed by atoms with E-state index in [2.05, 4.69) is 9.82 Å². The average Bonchev–Trinajstić information content (AvgIpc) is 2.84. The van der Waals surface area contributed by atoms with Gasteiger partial charge in [0.15, 0.2) is 0 Å². The molecule has 1 aromatic heterocycles. The minimum Gasteiger partial charge on any atom is -0.480 e. The lowest BCUT2D eigenvalue weighted by Gasteiger charge is -2.25. The van der Waals surface area contributed by atoms with E-state index in [0.717, 1.165) is 17.1 Å². The van der Waals surface area contributed by atoms with Crippen LogP contribution in [0.4, 0.5) is 0 Å². The molecule has 3 N–H and O–H groups in total. The molecule has 0 atom stereocenters. The number of aromatic nitrogens is 2. The Balaban J connectivity index is 2.79. The Morgan fingerprint density at radius 3 is 2.55 bits per heavy atom. The fraction of sp³-hybridized carbons (Fsp3) is 0.636. The van der Waals surface area contributed by atoms with E-state index in [1.165, 1.54) is 0 Å². The zero-order valence-corrected chi connectivity index (χ0v) is 12.2. The van der Waals surface area contributed by atoms with Crippen molar-refractivity contribution in [3.05, 3.63) is 12.4 Å². The highest BCUT2D eigenvalue weighted by Crippen LogP contribution is 2.15. The third-order valence-corrected chi connectivity index (χ3v) is 4.48. The molecule has 9 heteroatoms. The standard InChI is InChI=1S/C11H19N3O5S/c1-3-11(17,4-2)8-13-20(18,19)9-5-12-14(6-9)7-10(15)16/h5-6,13,17H,3-4,7-8H2,1-2H3,(H,15,16). The molecule has 0 radical (unpaired) electrons. The van der Waals surface area contributed by atoms with Gasteiger partial charge in [-0.25, -0.2) is 13.1 Å². The Morgan fingerprint density at radius 2 is 2.05 bits per heavy atom. The monoisotopic (exact) mass is 305 g/mol. The van der Waals surface area contributed by atoms with E-state index >= 15 is 0 Å². The van der Waals surface area contributed by atoms with Gasteiger partial charge in [-0.1, -0.05) is 13.8 Å². The first-order chi connectivity index (χ1) is 9.22. The summed E-state index contributed by atoms with van der Waals surface area (Å²) in [6.45, 7) is 3.02. The van der Waals surface area contributed by atoms with Gasteiger partial charge in [-0.05, 0) is 12.8 Å². The fourth-order valence-electron chi connectivity index (χ4n) is 1.52. The highest BCUT2D eigenvalue weighted by Gasteiger charge is 2.26. The van der Waals surface area contributed by atoms with Gasteiger partial charge in [0.25, 0.3) is 0 Å². The number of hydrogen-bond donors (Lipinski definition) is 3. The van der Waals surface area contributed by atoms with E-state index in [1.54, 1.807) is 13.8 Å². The van der Waals surface area contributed by atoms with Crippen LogP contribution in [0.3, 0.4) is 0 Å². The summed E-state index contributed by atoms with van der Waals surface area (Å²) in [7, 11) is -3.81. The number of carboxylic acid groups (broad SMARTS) is 1. The highest BCUT2D eigenvalue weighted by molar-refractivity contribution is 7.89. The lowest BCUT2D eigenvalue weighted by atomic mass is 9.98. The summed E-state index contributed by atoms with van der Waals surface area (Å²) >= 11 is 0. The van der Waals surface area contributed by atoms with Gasteiger partial charge in [-0.15, -0.1) is 0 Å². The Hall–Kier alpha value is -1.45. The zero-order valence-electron chi connectivity index (χ0n) is 11.4. The molecule has 1 rings (SSSR count). The van der Waals surface area contributed by atoms with Crippen molar-refractivity contribution in [2.24, 2.45) is 0 Å². The number of carboxylic acids is 1. The Bertz CT molecular complexity index is 562. The number of nitrogens with one attached hydrogen (secondary N) is 1. The van der Waals surface area contributed by atoms with Crippen LogP contribution in [-0.2, 0) is 21.4 Å². The Labute approximate surface area is 117 Å². The van der Waals surface area contributed by atoms with Crippen LogP contribution in [0.25, 0.3) is 0 Å². The molecular weight excluding hydrogens is 286 g/mol. The van der Waals surface area contributed by atoms with Crippen LogP contribution in [0.1, 0.15) is 26.7 Å². The number of carbonyl (C=O) groups is 1. The summed E-state index contributed by atoms with van der Waals surface area (Å²) in [6.07, 6.45) is 3.05. The maximum absolute atomic E-state index is 12.0. The van der Waals surface area contributed by atoms with Crippen LogP contribution in [0.15, 0.2) is 17.3 Å². The molecule has 1 heterocycles. The Morgan fingerprint density at radius 1 is 1.45 bits per heavy atom. The lowest BCUT2D eigenvalue weighted by molar-refractivity contribution is -0.137. The van der Waals surface area contributed by atoms with Gasteiger partial charge in [-0.2, -0.15) is 5.10 Å². The fourth-order valence-corrected chi connectivity index (χ4v) is 2.59. The van der Waals surface area contributed by atoms with Gasteiger partial charge >= 0.3 is 5.97 Å². The summed E-state index contributed by atoms with van der Waals surface area (Å²) < 4.78 is 27.3. The predicted octanol–water partition coefficient (Wildman–Crippen LogP) is -0.203. The lowest BCUT2D eigenvalue weighted by Crippen LogP contribution is -2.41. The van der Waals surface area contributed by atoms with Crippen LogP contribution >= 0.6 is 0 Å². The molecule has 0 aliphatic carbocycles. The molecule has 0 amide bonds.